The van der Waals surface area contributed by atoms with Gasteiger partial charge in [-0.3, -0.25) is 4.68 Å². The molecule has 2 rings (SSSR count). The summed E-state index contributed by atoms with van der Waals surface area (Å²) in [6, 6.07) is 3.64. The van der Waals surface area contributed by atoms with Crippen molar-refractivity contribution in [1.82, 2.24) is 19.7 Å². The molecule has 8 heteroatoms. The Morgan fingerprint density at radius 2 is 1.90 bits per heavy atom. The molecule has 0 radical (unpaired) electrons. The van der Waals surface area contributed by atoms with E-state index in [9.17, 15) is 8.42 Å². The van der Waals surface area contributed by atoms with Gasteiger partial charge in [-0.25, -0.2) is 13.1 Å². The summed E-state index contributed by atoms with van der Waals surface area (Å²) in [5.41, 5.74) is 2.33. The predicted octanol–water partition coefficient (Wildman–Crippen LogP) is 0.915. The third-order valence-electron chi connectivity index (χ3n) is 3.12. The summed E-state index contributed by atoms with van der Waals surface area (Å²) in [7, 11) is -1.73. The van der Waals surface area contributed by atoms with Gasteiger partial charge < -0.3 is 5.32 Å². The molecule has 0 saturated carbocycles. The zero-order valence-corrected chi connectivity index (χ0v) is 13.1. The lowest BCUT2D eigenvalue weighted by Crippen LogP contribution is -2.28. The van der Waals surface area contributed by atoms with Crippen LogP contribution in [0.3, 0.4) is 0 Å². The Kier molecular flexibility index (Phi) is 4.59. The van der Waals surface area contributed by atoms with Crippen LogP contribution in [-0.4, -0.2) is 37.0 Å². The molecule has 0 amide bonds. The van der Waals surface area contributed by atoms with Crippen LogP contribution >= 0.6 is 0 Å². The molecule has 21 heavy (non-hydrogen) atoms. The molecule has 2 aromatic rings. The summed E-state index contributed by atoms with van der Waals surface area (Å²) in [5.74, 6) is 0. The summed E-state index contributed by atoms with van der Waals surface area (Å²) in [4.78, 5) is 0.333. The summed E-state index contributed by atoms with van der Waals surface area (Å²) < 4.78 is 29.0. The summed E-state index contributed by atoms with van der Waals surface area (Å²) in [5, 5.41) is 10.5. The van der Waals surface area contributed by atoms with E-state index in [2.05, 4.69) is 20.4 Å². The molecule has 0 aliphatic carbocycles. The van der Waals surface area contributed by atoms with Crippen molar-refractivity contribution in [3.63, 3.8) is 0 Å². The predicted molar refractivity (Wildman–Crippen MR) is 80.7 cm³/mol. The maximum atomic E-state index is 12.4. The standard InChI is InChI=1S/C13H19N5O2S/c1-10-8-12(14-3)9-11(2)13(10)21(19,20)16-5-7-18-6-4-15-17-18/h4,6,8-9,14,16H,5,7H2,1-3H3. The number of nitrogens with zero attached hydrogens (tertiary/aromatic N) is 3. The van der Waals surface area contributed by atoms with E-state index in [0.717, 1.165) is 5.69 Å². The molecule has 1 heterocycles. The molecular formula is C13H19N5O2S. The minimum absolute atomic E-state index is 0.262. The first-order valence-corrected chi connectivity index (χ1v) is 8.05. The molecular weight excluding hydrogens is 290 g/mol. The van der Waals surface area contributed by atoms with Crippen LogP contribution in [0.15, 0.2) is 29.4 Å². The van der Waals surface area contributed by atoms with Crippen LogP contribution in [0.1, 0.15) is 11.1 Å². The van der Waals surface area contributed by atoms with Gasteiger partial charge in [0.15, 0.2) is 0 Å². The fraction of sp³-hybridized carbons (Fsp3) is 0.385. The number of rotatable bonds is 6. The molecule has 0 bridgehead atoms. The van der Waals surface area contributed by atoms with Crippen LogP contribution in [0.4, 0.5) is 5.69 Å². The van der Waals surface area contributed by atoms with Gasteiger partial charge in [0.05, 0.1) is 17.6 Å². The normalized spacial score (nSPS) is 11.6. The smallest absolute Gasteiger partial charge is 0.241 e. The summed E-state index contributed by atoms with van der Waals surface area (Å²) >= 11 is 0. The molecule has 0 spiro atoms. The van der Waals surface area contributed by atoms with Gasteiger partial charge in [0.1, 0.15) is 0 Å². The van der Waals surface area contributed by atoms with Gasteiger partial charge in [0.25, 0.3) is 0 Å². The van der Waals surface area contributed by atoms with Gasteiger partial charge >= 0.3 is 0 Å². The van der Waals surface area contributed by atoms with Gasteiger partial charge in [-0.05, 0) is 37.1 Å². The van der Waals surface area contributed by atoms with Crippen molar-refractivity contribution in [2.45, 2.75) is 25.3 Å². The summed E-state index contributed by atoms with van der Waals surface area (Å²) in [6.07, 6.45) is 3.24. The third kappa shape index (κ3) is 3.59. The Labute approximate surface area is 124 Å². The van der Waals surface area contributed by atoms with Gasteiger partial charge in [-0.15, -0.1) is 5.10 Å². The van der Waals surface area contributed by atoms with Crippen molar-refractivity contribution in [1.29, 1.82) is 0 Å². The highest BCUT2D eigenvalue weighted by Crippen LogP contribution is 2.24. The lowest BCUT2D eigenvalue weighted by molar-refractivity contribution is 0.552. The third-order valence-corrected chi connectivity index (χ3v) is 4.89. The first kappa shape index (κ1) is 15.5. The average molecular weight is 309 g/mol. The average Bonchev–Trinajstić information content (AvgIpc) is 2.90. The topological polar surface area (TPSA) is 88.9 Å². The van der Waals surface area contributed by atoms with E-state index in [4.69, 9.17) is 0 Å². The van der Waals surface area contributed by atoms with E-state index >= 15 is 0 Å². The number of hydrogen-bond donors (Lipinski definition) is 2. The molecule has 0 aliphatic heterocycles. The van der Waals surface area contributed by atoms with Crippen LogP contribution in [-0.2, 0) is 16.6 Å². The van der Waals surface area contributed by atoms with E-state index in [-0.39, 0.29) is 6.54 Å². The molecule has 0 saturated heterocycles. The van der Waals surface area contributed by atoms with Crippen molar-refractivity contribution in [2.24, 2.45) is 0 Å². The van der Waals surface area contributed by atoms with Crippen LogP contribution in [0, 0.1) is 13.8 Å². The van der Waals surface area contributed by atoms with Crippen molar-refractivity contribution in [3.05, 3.63) is 35.7 Å². The number of anilines is 1. The van der Waals surface area contributed by atoms with E-state index in [1.54, 1.807) is 38.0 Å². The Morgan fingerprint density at radius 3 is 2.43 bits per heavy atom. The highest BCUT2D eigenvalue weighted by Gasteiger charge is 2.19. The SMILES string of the molecule is CNc1cc(C)c(S(=O)(=O)NCCn2ccnn2)c(C)c1. The number of aromatic nitrogens is 3. The van der Waals surface area contributed by atoms with Gasteiger partial charge in [-0.1, -0.05) is 5.21 Å². The van der Waals surface area contributed by atoms with E-state index in [1.165, 1.54) is 0 Å². The van der Waals surface area contributed by atoms with Crippen LogP contribution < -0.4 is 10.0 Å². The lowest BCUT2D eigenvalue weighted by Gasteiger charge is -2.14. The zero-order valence-electron chi connectivity index (χ0n) is 12.3. The molecule has 2 N–H and O–H groups in total. The first-order valence-electron chi connectivity index (χ1n) is 6.57. The number of aryl methyl sites for hydroxylation is 2. The fourth-order valence-corrected chi connectivity index (χ4v) is 3.71. The second-order valence-electron chi connectivity index (χ2n) is 4.75. The van der Waals surface area contributed by atoms with Crippen molar-refractivity contribution in [2.75, 3.05) is 18.9 Å². The van der Waals surface area contributed by atoms with Crippen molar-refractivity contribution < 1.29 is 8.42 Å². The Hall–Kier alpha value is -1.93. The Morgan fingerprint density at radius 1 is 1.24 bits per heavy atom. The highest BCUT2D eigenvalue weighted by molar-refractivity contribution is 7.89. The molecule has 1 aromatic heterocycles. The van der Waals surface area contributed by atoms with Crippen LogP contribution in [0.25, 0.3) is 0 Å². The molecule has 0 unspecified atom stereocenters. The maximum Gasteiger partial charge on any atom is 0.241 e. The van der Waals surface area contributed by atoms with Crippen LogP contribution in [0.2, 0.25) is 0 Å². The second kappa shape index (κ2) is 6.23. The Bertz CT molecular complexity index is 687. The van der Waals surface area contributed by atoms with Crippen LogP contribution in [0.5, 0.6) is 0 Å². The molecule has 7 nitrogen and oxygen atoms in total. The van der Waals surface area contributed by atoms with E-state index in [1.807, 2.05) is 12.1 Å². The number of sulfonamides is 1. The maximum absolute atomic E-state index is 12.4. The first-order chi connectivity index (χ1) is 9.94. The van der Waals surface area contributed by atoms with Crippen molar-refractivity contribution in [3.8, 4) is 0 Å². The zero-order chi connectivity index (χ0) is 15.5. The minimum Gasteiger partial charge on any atom is -0.388 e. The largest absolute Gasteiger partial charge is 0.388 e. The molecule has 0 atom stereocenters. The molecule has 1 aromatic carbocycles. The fourth-order valence-electron chi connectivity index (χ4n) is 2.24. The quantitative estimate of drug-likeness (QED) is 0.828. The highest BCUT2D eigenvalue weighted by atomic mass is 32.2. The summed E-state index contributed by atoms with van der Waals surface area (Å²) in [6.45, 7) is 4.28. The number of nitrogens with one attached hydrogen (secondary N) is 2. The molecule has 0 fully saturated rings. The molecule has 114 valence electrons. The lowest BCUT2D eigenvalue weighted by atomic mass is 10.1. The monoisotopic (exact) mass is 309 g/mol. The second-order valence-corrected chi connectivity index (χ2v) is 6.46. The number of hydrogen-bond acceptors (Lipinski definition) is 5. The van der Waals surface area contributed by atoms with E-state index in [0.29, 0.717) is 22.6 Å². The minimum atomic E-state index is -3.54. The number of benzene rings is 1. The Balaban J connectivity index is 2.15. The van der Waals surface area contributed by atoms with Gasteiger partial charge in [0.2, 0.25) is 10.0 Å². The van der Waals surface area contributed by atoms with Gasteiger partial charge in [0, 0.05) is 25.5 Å². The molecule has 0 aliphatic rings. The van der Waals surface area contributed by atoms with Crippen molar-refractivity contribution >= 4 is 15.7 Å². The van der Waals surface area contributed by atoms with E-state index < -0.39 is 10.0 Å². The van der Waals surface area contributed by atoms with Gasteiger partial charge in [-0.2, -0.15) is 0 Å².